The van der Waals surface area contributed by atoms with Crippen LogP contribution in [0.2, 0.25) is 10.0 Å². The van der Waals surface area contributed by atoms with Crippen molar-refractivity contribution in [3.8, 4) is 0 Å². The zero-order valence-electron chi connectivity index (χ0n) is 8.69. The normalized spacial score (nSPS) is 18.3. The van der Waals surface area contributed by atoms with Gasteiger partial charge in [-0.2, -0.15) is 0 Å². The van der Waals surface area contributed by atoms with Gasteiger partial charge in [0.2, 0.25) is 0 Å². The second kappa shape index (κ2) is 4.18. The second-order valence-electron chi connectivity index (χ2n) is 4.10. The number of halogens is 2. The molecule has 1 fully saturated rings. The Morgan fingerprint density at radius 3 is 2.67 bits per heavy atom. The molecule has 1 heterocycles. The van der Waals surface area contributed by atoms with Crippen LogP contribution in [0, 0.1) is 0 Å². The summed E-state index contributed by atoms with van der Waals surface area (Å²) in [5.74, 6) is 0.752. The fourth-order valence-electron chi connectivity index (χ4n) is 1.93. The molecule has 1 saturated carbocycles. The Kier molecular flexibility index (Phi) is 3.08. The minimum Gasteiger partial charge on any atom is -0.363 e. The van der Waals surface area contributed by atoms with E-state index in [1.807, 2.05) is 0 Å². The maximum absolute atomic E-state index is 6.06. The lowest BCUT2D eigenvalue weighted by Gasteiger charge is -2.42. The van der Waals surface area contributed by atoms with Crippen LogP contribution in [0.1, 0.15) is 32.6 Å². The Balaban J connectivity index is 2.16. The molecule has 1 N–H and O–H groups in total. The molecule has 0 saturated heterocycles. The molecule has 0 radical (unpaired) electrons. The van der Waals surface area contributed by atoms with Crippen molar-refractivity contribution in [1.29, 1.82) is 0 Å². The lowest BCUT2D eigenvalue weighted by Crippen LogP contribution is -2.44. The summed E-state index contributed by atoms with van der Waals surface area (Å²) in [6, 6.07) is 1.72. The summed E-state index contributed by atoms with van der Waals surface area (Å²) in [6.45, 7) is 2.19. The standard InChI is InChI=1S/C11H14Cl2N2/c1-2-11(4-3-5-11)15-10-9(13)6-8(12)7-14-10/h6-7H,2-5H2,1H3,(H,14,15). The van der Waals surface area contributed by atoms with E-state index >= 15 is 0 Å². The van der Waals surface area contributed by atoms with Crippen molar-refractivity contribution in [2.75, 3.05) is 5.32 Å². The topological polar surface area (TPSA) is 24.9 Å². The molecule has 1 aromatic rings. The molecule has 2 rings (SSSR count). The zero-order valence-corrected chi connectivity index (χ0v) is 10.2. The van der Waals surface area contributed by atoms with E-state index in [0.717, 1.165) is 12.2 Å². The third-order valence-corrected chi connectivity index (χ3v) is 3.67. The van der Waals surface area contributed by atoms with E-state index in [9.17, 15) is 0 Å². The molecule has 4 heteroatoms. The van der Waals surface area contributed by atoms with Crippen LogP contribution in [0.3, 0.4) is 0 Å². The van der Waals surface area contributed by atoms with Gasteiger partial charge in [-0.15, -0.1) is 0 Å². The van der Waals surface area contributed by atoms with Gasteiger partial charge in [0.25, 0.3) is 0 Å². The van der Waals surface area contributed by atoms with E-state index in [1.54, 1.807) is 12.3 Å². The van der Waals surface area contributed by atoms with E-state index in [1.165, 1.54) is 19.3 Å². The lowest BCUT2D eigenvalue weighted by molar-refractivity contribution is 0.269. The maximum atomic E-state index is 6.06. The molecule has 0 bridgehead atoms. The predicted octanol–water partition coefficient (Wildman–Crippen LogP) is 4.13. The highest BCUT2D eigenvalue weighted by atomic mass is 35.5. The van der Waals surface area contributed by atoms with Crippen molar-refractivity contribution < 1.29 is 0 Å². The Morgan fingerprint density at radius 2 is 2.20 bits per heavy atom. The molecule has 1 aromatic heterocycles. The van der Waals surface area contributed by atoms with Crippen molar-refractivity contribution in [2.24, 2.45) is 0 Å². The van der Waals surface area contributed by atoms with E-state index in [0.29, 0.717) is 10.0 Å². The maximum Gasteiger partial charge on any atom is 0.145 e. The summed E-state index contributed by atoms with van der Waals surface area (Å²) in [7, 11) is 0. The van der Waals surface area contributed by atoms with Crippen LogP contribution in [0.15, 0.2) is 12.3 Å². The van der Waals surface area contributed by atoms with Gasteiger partial charge in [-0.3, -0.25) is 0 Å². The Labute approximate surface area is 100.0 Å². The van der Waals surface area contributed by atoms with Gasteiger partial charge in [-0.1, -0.05) is 30.1 Å². The SMILES string of the molecule is CCC1(Nc2ncc(Cl)cc2Cl)CCC1. The summed E-state index contributed by atoms with van der Waals surface area (Å²) in [6.07, 6.45) is 6.41. The molecule has 1 aliphatic carbocycles. The van der Waals surface area contributed by atoms with Gasteiger partial charge in [-0.25, -0.2) is 4.98 Å². The summed E-state index contributed by atoms with van der Waals surface area (Å²) in [5, 5.41) is 4.61. The molecular weight excluding hydrogens is 231 g/mol. The third kappa shape index (κ3) is 2.21. The van der Waals surface area contributed by atoms with E-state index < -0.39 is 0 Å². The molecule has 0 aromatic carbocycles. The Bertz CT molecular complexity index is 356. The lowest BCUT2D eigenvalue weighted by atomic mass is 9.75. The van der Waals surface area contributed by atoms with Crippen LogP contribution in [0.25, 0.3) is 0 Å². The first-order valence-corrected chi connectivity index (χ1v) is 6.00. The quantitative estimate of drug-likeness (QED) is 0.865. The predicted molar refractivity (Wildman–Crippen MR) is 64.8 cm³/mol. The molecule has 0 aliphatic heterocycles. The molecule has 0 amide bonds. The number of rotatable bonds is 3. The number of nitrogens with zero attached hydrogens (tertiary/aromatic N) is 1. The summed E-state index contributed by atoms with van der Waals surface area (Å²) >= 11 is 11.9. The molecular formula is C11H14Cl2N2. The number of aromatic nitrogens is 1. The van der Waals surface area contributed by atoms with Gasteiger partial charge in [0.05, 0.1) is 10.0 Å². The summed E-state index contributed by atoms with van der Waals surface area (Å²) < 4.78 is 0. The smallest absolute Gasteiger partial charge is 0.145 e. The van der Waals surface area contributed by atoms with Gasteiger partial charge in [0.15, 0.2) is 0 Å². The van der Waals surface area contributed by atoms with Crippen molar-refractivity contribution in [3.05, 3.63) is 22.3 Å². The monoisotopic (exact) mass is 244 g/mol. The molecule has 0 spiro atoms. The van der Waals surface area contributed by atoms with Gasteiger partial charge in [0.1, 0.15) is 5.82 Å². The zero-order chi connectivity index (χ0) is 10.9. The van der Waals surface area contributed by atoms with E-state index in [2.05, 4.69) is 17.2 Å². The van der Waals surface area contributed by atoms with Gasteiger partial charge in [-0.05, 0) is 31.7 Å². The highest BCUT2D eigenvalue weighted by Crippen LogP contribution is 2.39. The molecule has 1 aliphatic rings. The first-order chi connectivity index (χ1) is 7.15. The first kappa shape index (κ1) is 11.0. The van der Waals surface area contributed by atoms with Gasteiger partial charge < -0.3 is 5.32 Å². The number of pyridine rings is 1. The van der Waals surface area contributed by atoms with Crippen molar-refractivity contribution in [1.82, 2.24) is 4.98 Å². The van der Waals surface area contributed by atoms with Crippen molar-refractivity contribution in [3.63, 3.8) is 0 Å². The number of hydrogen-bond donors (Lipinski definition) is 1. The molecule has 2 nitrogen and oxygen atoms in total. The first-order valence-electron chi connectivity index (χ1n) is 5.24. The molecule has 0 atom stereocenters. The highest BCUT2D eigenvalue weighted by Gasteiger charge is 2.35. The van der Waals surface area contributed by atoms with Crippen LogP contribution in [0.4, 0.5) is 5.82 Å². The van der Waals surface area contributed by atoms with E-state index in [4.69, 9.17) is 23.2 Å². The fourth-order valence-corrected chi connectivity index (χ4v) is 2.36. The minimum atomic E-state index is 0.213. The average Bonchev–Trinajstić information content (AvgIpc) is 2.14. The second-order valence-corrected chi connectivity index (χ2v) is 4.94. The van der Waals surface area contributed by atoms with Crippen LogP contribution >= 0.6 is 23.2 Å². The number of nitrogens with one attached hydrogen (secondary N) is 1. The van der Waals surface area contributed by atoms with Crippen molar-refractivity contribution in [2.45, 2.75) is 38.1 Å². The van der Waals surface area contributed by atoms with E-state index in [-0.39, 0.29) is 5.54 Å². The average molecular weight is 245 g/mol. The van der Waals surface area contributed by atoms with Crippen LogP contribution in [0.5, 0.6) is 0 Å². The number of hydrogen-bond acceptors (Lipinski definition) is 2. The van der Waals surface area contributed by atoms with Gasteiger partial charge in [0, 0.05) is 11.7 Å². The molecule has 15 heavy (non-hydrogen) atoms. The Hall–Kier alpha value is -0.470. The van der Waals surface area contributed by atoms with Crippen LogP contribution in [-0.2, 0) is 0 Å². The largest absolute Gasteiger partial charge is 0.363 e. The number of anilines is 1. The van der Waals surface area contributed by atoms with Crippen LogP contribution in [-0.4, -0.2) is 10.5 Å². The Morgan fingerprint density at radius 1 is 1.47 bits per heavy atom. The third-order valence-electron chi connectivity index (χ3n) is 3.18. The molecule has 82 valence electrons. The summed E-state index contributed by atoms with van der Waals surface area (Å²) in [4.78, 5) is 4.22. The summed E-state index contributed by atoms with van der Waals surface area (Å²) in [5.41, 5.74) is 0.213. The van der Waals surface area contributed by atoms with Crippen molar-refractivity contribution >= 4 is 29.0 Å². The molecule has 0 unspecified atom stereocenters. The minimum absolute atomic E-state index is 0.213. The fraction of sp³-hybridized carbons (Fsp3) is 0.545. The highest BCUT2D eigenvalue weighted by molar-refractivity contribution is 6.35. The van der Waals surface area contributed by atoms with Crippen LogP contribution < -0.4 is 5.32 Å². The van der Waals surface area contributed by atoms with Gasteiger partial charge >= 0.3 is 0 Å².